The first-order chi connectivity index (χ1) is 12.7. The molecular formula is C19H17N5O2. The van der Waals surface area contributed by atoms with Crippen LogP contribution in [0.4, 0.5) is 11.4 Å². The Kier molecular flexibility index (Phi) is 4.18. The summed E-state index contributed by atoms with van der Waals surface area (Å²) in [5, 5.41) is 6.94. The first kappa shape index (κ1) is 16.0. The number of hydrogen-bond donors (Lipinski definition) is 1. The molecule has 0 aliphatic carbocycles. The van der Waals surface area contributed by atoms with Crippen molar-refractivity contribution in [2.24, 2.45) is 0 Å². The first-order valence-corrected chi connectivity index (χ1v) is 8.38. The van der Waals surface area contributed by atoms with Crippen LogP contribution in [-0.4, -0.2) is 33.1 Å². The molecule has 0 saturated carbocycles. The minimum atomic E-state index is -0.243. The number of nitrogens with one attached hydrogen (secondary N) is 1. The van der Waals surface area contributed by atoms with Crippen LogP contribution in [0.3, 0.4) is 0 Å². The van der Waals surface area contributed by atoms with Gasteiger partial charge in [-0.1, -0.05) is 6.07 Å². The molecule has 7 heteroatoms. The second kappa shape index (κ2) is 6.79. The van der Waals surface area contributed by atoms with E-state index < -0.39 is 0 Å². The lowest BCUT2D eigenvalue weighted by molar-refractivity contribution is -0.117. The number of nitrogens with zero attached hydrogens (tertiary/aromatic N) is 4. The molecule has 7 nitrogen and oxygen atoms in total. The van der Waals surface area contributed by atoms with Gasteiger partial charge >= 0.3 is 0 Å². The summed E-state index contributed by atoms with van der Waals surface area (Å²) in [4.78, 5) is 30.4. The van der Waals surface area contributed by atoms with Crippen molar-refractivity contribution in [2.45, 2.75) is 12.8 Å². The fraction of sp³-hybridized carbons (Fsp3) is 0.158. The molecule has 2 aromatic heterocycles. The predicted octanol–water partition coefficient (Wildman–Crippen LogP) is 2.65. The normalized spacial score (nSPS) is 13.8. The number of pyridine rings is 1. The number of hydrogen-bond acceptors (Lipinski definition) is 4. The van der Waals surface area contributed by atoms with Crippen molar-refractivity contribution >= 4 is 23.2 Å². The largest absolute Gasteiger partial charge is 0.321 e. The van der Waals surface area contributed by atoms with E-state index in [0.717, 1.165) is 12.1 Å². The summed E-state index contributed by atoms with van der Waals surface area (Å²) in [6.45, 7) is 0.697. The van der Waals surface area contributed by atoms with Crippen LogP contribution in [0.1, 0.15) is 23.2 Å². The molecule has 2 amide bonds. The lowest BCUT2D eigenvalue weighted by Gasteiger charge is -2.16. The van der Waals surface area contributed by atoms with Crippen molar-refractivity contribution < 1.29 is 9.59 Å². The van der Waals surface area contributed by atoms with E-state index in [1.165, 1.54) is 0 Å². The summed E-state index contributed by atoms with van der Waals surface area (Å²) >= 11 is 0. The van der Waals surface area contributed by atoms with Gasteiger partial charge < -0.3 is 10.2 Å². The highest BCUT2D eigenvalue weighted by atomic mass is 16.2. The van der Waals surface area contributed by atoms with E-state index in [-0.39, 0.29) is 11.8 Å². The van der Waals surface area contributed by atoms with Gasteiger partial charge in [0.2, 0.25) is 5.91 Å². The standard InChI is InChI=1S/C19H17N5O2/c25-18-6-2-10-23(18)16-5-1-4-14(12-16)19(26)22-15-7-8-17(20-13-15)24-11-3-9-21-24/h1,3-5,7-9,11-13H,2,6,10H2,(H,22,26). The molecule has 3 aromatic rings. The number of benzene rings is 1. The van der Waals surface area contributed by atoms with Crippen LogP contribution in [0, 0.1) is 0 Å². The number of aromatic nitrogens is 3. The Morgan fingerprint density at radius 3 is 2.77 bits per heavy atom. The summed E-state index contributed by atoms with van der Waals surface area (Å²) in [7, 11) is 0. The molecule has 0 spiro atoms. The Morgan fingerprint density at radius 2 is 2.08 bits per heavy atom. The summed E-state index contributed by atoms with van der Waals surface area (Å²) in [5.41, 5.74) is 1.85. The molecule has 1 aliphatic rings. The zero-order valence-electron chi connectivity index (χ0n) is 14.0. The van der Waals surface area contributed by atoms with Crippen LogP contribution < -0.4 is 10.2 Å². The molecule has 130 valence electrons. The Morgan fingerprint density at radius 1 is 1.15 bits per heavy atom. The van der Waals surface area contributed by atoms with E-state index in [1.807, 2.05) is 12.1 Å². The van der Waals surface area contributed by atoms with Gasteiger partial charge in [-0.3, -0.25) is 9.59 Å². The fourth-order valence-corrected chi connectivity index (χ4v) is 2.94. The van der Waals surface area contributed by atoms with Gasteiger partial charge in [-0.05, 0) is 42.8 Å². The molecule has 1 N–H and O–H groups in total. The van der Waals surface area contributed by atoms with E-state index in [0.29, 0.717) is 30.0 Å². The van der Waals surface area contributed by atoms with Crippen molar-refractivity contribution in [1.29, 1.82) is 0 Å². The van der Waals surface area contributed by atoms with Crippen LogP contribution in [0.2, 0.25) is 0 Å². The SMILES string of the molecule is O=C(Nc1ccc(-n2cccn2)nc1)c1cccc(N2CCCC2=O)c1. The molecule has 1 aromatic carbocycles. The Balaban J connectivity index is 1.49. The first-order valence-electron chi connectivity index (χ1n) is 8.38. The van der Waals surface area contributed by atoms with Crippen LogP contribution in [0.5, 0.6) is 0 Å². The molecule has 0 bridgehead atoms. The molecule has 0 atom stereocenters. The second-order valence-electron chi connectivity index (χ2n) is 6.01. The molecule has 1 saturated heterocycles. The average Bonchev–Trinajstić information content (AvgIpc) is 3.34. The number of rotatable bonds is 4. The van der Waals surface area contributed by atoms with E-state index in [9.17, 15) is 9.59 Å². The Bertz CT molecular complexity index is 935. The van der Waals surface area contributed by atoms with Gasteiger partial charge in [-0.15, -0.1) is 0 Å². The molecule has 1 fully saturated rings. The number of anilines is 2. The smallest absolute Gasteiger partial charge is 0.255 e. The molecule has 3 heterocycles. The summed E-state index contributed by atoms with van der Waals surface area (Å²) in [6.07, 6.45) is 6.47. The minimum Gasteiger partial charge on any atom is -0.321 e. The van der Waals surface area contributed by atoms with Gasteiger partial charge in [-0.25, -0.2) is 9.67 Å². The van der Waals surface area contributed by atoms with Crippen LogP contribution >= 0.6 is 0 Å². The lowest BCUT2D eigenvalue weighted by atomic mass is 10.1. The maximum absolute atomic E-state index is 12.5. The zero-order chi connectivity index (χ0) is 17.9. The third-order valence-electron chi connectivity index (χ3n) is 4.24. The zero-order valence-corrected chi connectivity index (χ0v) is 14.0. The minimum absolute atomic E-state index is 0.0981. The van der Waals surface area contributed by atoms with Crippen molar-refractivity contribution in [3.05, 3.63) is 66.6 Å². The van der Waals surface area contributed by atoms with E-state index in [1.54, 1.807) is 58.5 Å². The van der Waals surface area contributed by atoms with Gasteiger partial charge in [0, 0.05) is 36.6 Å². The summed E-state index contributed by atoms with van der Waals surface area (Å²) < 4.78 is 1.64. The molecule has 0 radical (unpaired) electrons. The van der Waals surface area contributed by atoms with E-state index >= 15 is 0 Å². The Labute approximate surface area is 150 Å². The molecule has 0 unspecified atom stereocenters. The highest BCUT2D eigenvalue weighted by Gasteiger charge is 2.22. The highest BCUT2D eigenvalue weighted by molar-refractivity contribution is 6.05. The monoisotopic (exact) mass is 347 g/mol. The maximum atomic E-state index is 12.5. The van der Waals surface area contributed by atoms with E-state index in [2.05, 4.69) is 15.4 Å². The van der Waals surface area contributed by atoms with E-state index in [4.69, 9.17) is 0 Å². The molecule has 26 heavy (non-hydrogen) atoms. The van der Waals surface area contributed by atoms with Crippen molar-refractivity contribution in [3.63, 3.8) is 0 Å². The number of carbonyl (C=O) groups excluding carboxylic acids is 2. The number of carbonyl (C=O) groups is 2. The molecular weight excluding hydrogens is 330 g/mol. The van der Waals surface area contributed by atoms with Crippen molar-refractivity contribution in [3.8, 4) is 5.82 Å². The van der Waals surface area contributed by atoms with Gasteiger partial charge in [-0.2, -0.15) is 5.10 Å². The Hall–Kier alpha value is -3.48. The van der Waals surface area contributed by atoms with Crippen molar-refractivity contribution in [1.82, 2.24) is 14.8 Å². The third-order valence-corrected chi connectivity index (χ3v) is 4.24. The van der Waals surface area contributed by atoms with Crippen LogP contribution in [0.15, 0.2) is 61.1 Å². The molecule has 4 rings (SSSR count). The fourth-order valence-electron chi connectivity index (χ4n) is 2.94. The summed E-state index contributed by atoms with van der Waals surface area (Å²) in [5.74, 6) is 0.524. The van der Waals surface area contributed by atoms with Crippen molar-refractivity contribution in [2.75, 3.05) is 16.8 Å². The number of amides is 2. The van der Waals surface area contributed by atoms with Crippen LogP contribution in [0.25, 0.3) is 5.82 Å². The lowest BCUT2D eigenvalue weighted by Crippen LogP contribution is -2.24. The second-order valence-corrected chi connectivity index (χ2v) is 6.01. The van der Waals surface area contributed by atoms with Gasteiger partial charge in [0.1, 0.15) is 0 Å². The highest BCUT2D eigenvalue weighted by Crippen LogP contribution is 2.22. The van der Waals surface area contributed by atoms with Crippen LogP contribution in [-0.2, 0) is 4.79 Å². The van der Waals surface area contributed by atoms with Gasteiger partial charge in [0.15, 0.2) is 5.82 Å². The maximum Gasteiger partial charge on any atom is 0.255 e. The quantitative estimate of drug-likeness (QED) is 0.787. The summed E-state index contributed by atoms with van der Waals surface area (Å²) in [6, 6.07) is 12.5. The third kappa shape index (κ3) is 3.19. The molecule has 1 aliphatic heterocycles. The topological polar surface area (TPSA) is 80.1 Å². The van der Waals surface area contributed by atoms with Gasteiger partial charge in [0.25, 0.3) is 5.91 Å². The average molecular weight is 347 g/mol. The predicted molar refractivity (Wildman–Crippen MR) is 97.3 cm³/mol. The van der Waals surface area contributed by atoms with Gasteiger partial charge in [0.05, 0.1) is 11.9 Å².